The van der Waals surface area contributed by atoms with Gasteiger partial charge in [0.1, 0.15) is 11.3 Å². The second-order valence-corrected chi connectivity index (χ2v) is 7.96. The highest BCUT2D eigenvalue weighted by Gasteiger charge is 2.27. The SMILES string of the molecule is O=C(NCCSc1ccccc1)c1c(-n2cnnn2)sc2c1CCC2. The van der Waals surface area contributed by atoms with Crippen molar-refractivity contribution < 1.29 is 4.79 Å². The van der Waals surface area contributed by atoms with Crippen molar-refractivity contribution in [1.82, 2.24) is 25.5 Å². The fraction of sp³-hybridized carbons (Fsp3) is 0.294. The van der Waals surface area contributed by atoms with Crippen LogP contribution in [0.25, 0.3) is 5.00 Å². The molecule has 2 aromatic heterocycles. The van der Waals surface area contributed by atoms with Crippen LogP contribution in [0.3, 0.4) is 0 Å². The van der Waals surface area contributed by atoms with Gasteiger partial charge in [0.05, 0.1) is 5.56 Å². The van der Waals surface area contributed by atoms with Crippen molar-refractivity contribution in [2.24, 2.45) is 0 Å². The summed E-state index contributed by atoms with van der Waals surface area (Å²) in [7, 11) is 0. The number of nitrogens with zero attached hydrogens (tertiary/aromatic N) is 4. The summed E-state index contributed by atoms with van der Waals surface area (Å²) in [5, 5.41) is 15.2. The molecule has 0 unspecified atom stereocenters. The van der Waals surface area contributed by atoms with Crippen molar-refractivity contribution in [3.8, 4) is 5.00 Å². The van der Waals surface area contributed by atoms with Gasteiger partial charge in [-0.3, -0.25) is 4.79 Å². The van der Waals surface area contributed by atoms with E-state index >= 15 is 0 Å². The van der Waals surface area contributed by atoms with Gasteiger partial charge in [0.2, 0.25) is 0 Å². The monoisotopic (exact) mass is 371 g/mol. The van der Waals surface area contributed by atoms with E-state index in [0.29, 0.717) is 6.54 Å². The van der Waals surface area contributed by atoms with Crippen molar-refractivity contribution in [1.29, 1.82) is 0 Å². The molecule has 1 aromatic carbocycles. The number of hydrogen-bond acceptors (Lipinski definition) is 6. The second kappa shape index (κ2) is 7.37. The number of aryl methyl sites for hydroxylation is 1. The number of tetrazole rings is 1. The molecule has 1 aliphatic carbocycles. The minimum atomic E-state index is -0.0291. The van der Waals surface area contributed by atoms with E-state index in [1.165, 1.54) is 15.3 Å². The summed E-state index contributed by atoms with van der Waals surface area (Å²) in [6.07, 6.45) is 4.64. The summed E-state index contributed by atoms with van der Waals surface area (Å²) in [5.74, 6) is 0.807. The summed E-state index contributed by atoms with van der Waals surface area (Å²) >= 11 is 3.36. The lowest BCUT2D eigenvalue weighted by atomic mass is 10.1. The molecule has 1 amide bonds. The molecule has 1 aliphatic rings. The lowest BCUT2D eigenvalue weighted by Crippen LogP contribution is -2.27. The maximum Gasteiger partial charge on any atom is 0.254 e. The number of carbonyl (C=O) groups is 1. The number of aromatic nitrogens is 4. The van der Waals surface area contributed by atoms with Gasteiger partial charge in [0.15, 0.2) is 0 Å². The van der Waals surface area contributed by atoms with Crippen molar-refractivity contribution in [2.75, 3.05) is 12.3 Å². The third-order valence-corrected chi connectivity index (χ3v) is 6.38. The maximum atomic E-state index is 12.8. The Morgan fingerprint density at radius 2 is 2.16 bits per heavy atom. The molecule has 3 aromatic rings. The lowest BCUT2D eigenvalue weighted by Gasteiger charge is -2.08. The van der Waals surface area contributed by atoms with Gasteiger partial charge in [0.25, 0.3) is 5.91 Å². The zero-order valence-corrected chi connectivity index (χ0v) is 15.1. The molecule has 0 spiro atoms. The Kier molecular flexibility index (Phi) is 4.80. The molecule has 128 valence electrons. The van der Waals surface area contributed by atoms with E-state index in [9.17, 15) is 4.79 Å². The highest BCUT2D eigenvalue weighted by atomic mass is 32.2. The average Bonchev–Trinajstić information content (AvgIpc) is 3.35. The third-order valence-electron chi connectivity index (χ3n) is 4.09. The summed E-state index contributed by atoms with van der Waals surface area (Å²) in [6, 6.07) is 10.2. The van der Waals surface area contributed by atoms with Crippen LogP contribution in [-0.2, 0) is 12.8 Å². The smallest absolute Gasteiger partial charge is 0.254 e. The van der Waals surface area contributed by atoms with Crippen LogP contribution in [0.1, 0.15) is 27.2 Å². The van der Waals surface area contributed by atoms with E-state index in [0.717, 1.165) is 35.6 Å². The molecule has 0 radical (unpaired) electrons. The van der Waals surface area contributed by atoms with Crippen LogP contribution < -0.4 is 5.32 Å². The Morgan fingerprint density at radius 1 is 1.28 bits per heavy atom. The fourth-order valence-corrected chi connectivity index (χ4v) is 5.07. The van der Waals surface area contributed by atoms with Gasteiger partial charge in [-0.2, -0.15) is 4.68 Å². The van der Waals surface area contributed by atoms with E-state index in [1.54, 1.807) is 34.1 Å². The van der Waals surface area contributed by atoms with Crippen LogP contribution >= 0.6 is 23.1 Å². The first-order chi connectivity index (χ1) is 12.3. The van der Waals surface area contributed by atoms with Gasteiger partial charge < -0.3 is 5.32 Å². The molecule has 25 heavy (non-hydrogen) atoms. The molecule has 0 bridgehead atoms. The zero-order chi connectivity index (χ0) is 17.1. The third kappa shape index (κ3) is 3.45. The molecule has 0 atom stereocenters. The Labute approximate surface area is 153 Å². The summed E-state index contributed by atoms with van der Waals surface area (Å²) < 4.78 is 1.59. The Balaban J connectivity index is 1.45. The van der Waals surface area contributed by atoms with Gasteiger partial charge in [-0.1, -0.05) is 18.2 Å². The number of thiophene rings is 1. The minimum Gasteiger partial charge on any atom is -0.351 e. The number of rotatable bonds is 6. The molecule has 0 saturated heterocycles. The first-order valence-corrected chi connectivity index (χ1v) is 9.97. The van der Waals surface area contributed by atoms with Gasteiger partial charge in [-0.05, 0) is 47.4 Å². The van der Waals surface area contributed by atoms with Crippen LogP contribution in [0.4, 0.5) is 0 Å². The van der Waals surface area contributed by atoms with Crippen molar-refractivity contribution in [2.45, 2.75) is 24.2 Å². The first-order valence-electron chi connectivity index (χ1n) is 8.17. The molecular weight excluding hydrogens is 354 g/mol. The number of carbonyl (C=O) groups excluding carboxylic acids is 1. The van der Waals surface area contributed by atoms with Crippen LogP contribution in [-0.4, -0.2) is 38.4 Å². The van der Waals surface area contributed by atoms with Gasteiger partial charge >= 0.3 is 0 Å². The quantitative estimate of drug-likeness (QED) is 0.533. The fourth-order valence-electron chi connectivity index (χ4n) is 2.98. The van der Waals surface area contributed by atoms with Crippen LogP contribution in [0.2, 0.25) is 0 Å². The molecule has 0 saturated carbocycles. The maximum absolute atomic E-state index is 12.8. The van der Waals surface area contributed by atoms with Crippen LogP contribution in [0, 0.1) is 0 Å². The molecule has 0 fully saturated rings. The van der Waals surface area contributed by atoms with Gasteiger partial charge in [0, 0.05) is 22.1 Å². The van der Waals surface area contributed by atoms with Gasteiger partial charge in [-0.25, -0.2) is 0 Å². The lowest BCUT2D eigenvalue weighted by molar-refractivity contribution is 0.0955. The number of fused-ring (bicyclic) bond motifs is 1. The molecule has 1 N–H and O–H groups in total. The highest BCUT2D eigenvalue weighted by molar-refractivity contribution is 7.99. The zero-order valence-electron chi connectivity index (χ0n) is 13.5. The summed E-state index contributed by atoms with van der Waals surface area (Å²) in [4.78, 5) is 15.3. The first kappa shape index (κ1) is 16.3. The standard InChI is InChI=1S/C17H17N5OS2/c23-16(18-9-10-24-12-5-2-1-3-6-12)15-13-7-4-8-14(13)25-17(15)22-11-19-20-21-22/h1-3,5-6,11H,4,7-10H2,(H,18,23). The topological polar surface area (TPSA) is 72.7 Å². The predicted octanol–water partition coefficient (Wildman–Crippen LogP) is 2.73. The van der Waals surface area contributed by atoms with E-state index in [4.69, 9.17) is 0 Å². The highest BCUT2D eigenvalue weighted by Crippen LogP contribution is 2.37. The minimum absolute atomic E-state index is 0.0291. The van der Waals surface area contributed by atoms with E-state index in [2.05, 4.69) is 33.0 Å². The Morgan fingerprint density at radius 3 is 2.96 bits per heavy atom. The average molecular weight is 371 g/mol. The molecule has 8 heteroatoms. The summed E-state index contributed by atoms with van der Waals surface area (Å²) in [6.45, 7) is 0.623. The Bertz CT molecular complexity index is 861. The number of nitrogens with one attached hydrogen (secondary N) is 1. The number of thioether (sulfide) groups is 1. The van der Waals surface area contributed by atoms with E-state index in [1.807, 2.05) is 18.2 Å². The predicted molar refractivity (Wildman–Crippen MR) is 98.6 cm³/mol. The molecule has 0 aliphatic heterocycles. The molecule has 6 nitrogen and oxygen atoms in total. The molecular formula is C17H17N5OS2. The number of benzene rings is 1. The second-order valence-electron chi connectivity index (χ2n) is 5.71. The number of hydrogen-bond donors (Lipinski definition) is 1. The van der Waals surface area contributed by atoms with Crippen molar-refractivity contribution >= 4 is 29.0 Å². The Hall–Kier alpha value is -2.19. The van der Waals surface area contributed by atoms with Gasteiger partial charge in [-0.15, -0.1) is 28.2 Å². The number of amides is 1. The van der Waals surface area contributed by atoms with Crippen LogP contribution in [0.5, 0.6) is 0 Å². The largest absolute Gasteiger partial charge is 0.351 e. The molecule has 4 rings (SSSR count). The normalized spacial score (nSPS) is 13.0. The van der Waals surface area contributed by atoms with Crippen molar-refractivity contribution in [3.05, 3.63) is 52.7 Å². The van der Waals surface area contributed by atoms with E-state index < -0.39 is 0 Å². The molecule has 2 heterocycles. The van der Waals surface area contributed by atoms with Crippen LogP contribution in [0.15, 0.2) is 41.6 Å². The summed E-state index contributed by atoms with van der Waals surface area (Å²) in [5.41, 5.74) is 1.92. The van der Waals surface area contributed by atoms with E-state index in [-0.39, 0.29) is 5.91 Å². The van der Waals surface area contributed by atoms with Crippen molar-refractivity contribution in [3.63, 3.8) is 0 Å².